The van der Waals surface area contributed by atoms with Gasteiger partial charge in [0.05, 0.1) is 32.2 Å². The summed E-state index contributed by atoms with van der Waals surface area (Å²) in [5.74, 6) is -0.966. The van der Waals surface area contributed by atoms with Gasteiger partial charge in [-0.25, -0.2) is 4.79 Å². The molecule has 0 bridgehead atoms. The fourth-order valence-electron chi connectivity index (χ4n) is 2.58. The first kappa shape index (κ1) is 19.2. The van der Waals surface area contributed by atoms with Gasteiger partial charge in [0.2, 0.25) is 0 Å². The summed E-state index contributed by atoms with van der Waals surface area (Å²) in [5.41, 5.74) is 0. The molecule has 0 aromatic heterocycles. The zero-order valence-electron chi connectivity index (χ0n) is 13.9. The van der Waals surface area contributed by atoms with Crippen LogP contribution in [0, 0.1) is 17.8 Å². The molecule has 130 valence electrons. The molecule has 1 saturated carbocycles. The molecular weight excluding hydrogens is 300 g/mol. The minimum atomic E-state index is -0.448. The largest absolute Gasteiger partial charge is 0.469 e. The van der Waals surface area contributed by atoms with E-state index in [9.17, 15) is 14.4 Å². The van der Waals surface area contributed by atoms with E-state index in [1.165, 1.54) is 7.11 Å². The standard InChI is InChI=1S/C17H26O6/c1-4-15(18)22-10-9-12(2)11-23-17(20)14-7-5-13(6-8-14)16(19)21-3/h4,12-14H,1,5-11H2,2-3H3/t12-,13?,14?/m0/s1. The van der Waals surface area contributed by atoms with Crippen molar-refractivity contribution in [3.63, 3.8) is 0 Å². The van der Waals surface area contributed by atoms with Gasteiger partial charge >= 0.3 is 17.9 Å². The lowest BCUT2D eigenvalue weighted by Crippen LogP contribution is -2.28. The maximum Gasteiger partial charge on any atom is 0.330 e. The zero-order valence-corrected chi connectivity index (χ0v) is 13.9. The van der Waals surface area contributed by atoms with Gasteiger partial charge in [0.15, 0.2) is 0 Å². The van der Waals surface area contributed by atoms with Gasteiger partial charge in [-0.3, -0.25) is 9.59 Å². The number of hydrogen-bond donors (Lipinski definition) is 0. The van der Waals surface area contributed by atoms with E-state index in [0.29, 0.717) is 38.7 Å². The maximum atomic E-state index is 12.0. The van der Waals surface area contributed by atoms with Crippen LogP contribution in [-0.4, -0.2) is 38.2 Å². The summed E-state index contributed by atoms with van der Waals surface area (Å²) in [6, 6.07) is 0. The quantitative estimate of drug-likeness (QED) is 0.387. The fraction of sp³-hybridized carbons (Fsp3) is 0.706. The number of ether oxygens (including phenoxy) is 3. The second-order valence-electron chi connectivity index (χ2n) is 5.97. The molecule has 1 fully saturated rings. The van der Waals surface area contributed by atoms with Crippen molar-refractivity contribution >= 4 is 17.9 Å². The zero-order chi connectivity index (χ0) is 17.2. The molecule has 0 N–H and O–H groups in total. The highest BCUT2D eigenvalue weighted by Gasteiger charge is 2.31. The van der Waals surface area contributed by atoms with E-state index in [1.54, 1.807) is 0 Å². The summed E-state index contributed by atoms with van der Waals surface area (Å²) in [5, 5.41) is 0. The van der Waals surface area contributed by atoms with E-state index in [0.717, 1.165) is 6.08 Å². The lowest BCUT2D eigenvalue weighted by molar-refractivity contribution is -0.154. The summed E-state index contributed by atoms with van der Waals surface area (Å²) < 4.78 is 15.0. The van der Waals surface area contributed by atoms with Crippen molar-refractivity contribution in [1.29, 1.82) is 0 Å². The van der Waals surface area contributed by atoms with Crippen molar-refractivity contribution in [3.8, 4) is 0 Å². The van der Waals surface area contributed by atoms with Gasteiger partial charge in [0.25, 0.3) is 0 Å². The minimum Gasteiger partial charge on any atom is -0.469 e. The van der Waals surface area contributed by atoms with Crippen molar-refractivity contribution in [2.24, 2.45) is 17.8 Å². The van der Waals surface area contributed by atoms with E-state index >= 15 is 0 Å². The summed E-state index contributed by atoms with van der Waals surface area (Å²) in [6.45, 7) is 5.84. The average molecular weight is 326 g/mol. The van der Waals surface area contributed by atoms with Gasteiger partial charge in [0, 0.05) is 6.08 Å². The fourth-order valence-corrected chi connectivity index (χ4v) is 2.58. The number of carbonyl (C=O) groups excluding carboxylic acids is 3. The second kappa shape index (κ2) is 10.0. The summed E-state index contributed by atoms with van der Waals surface area (Å²) in [4.78, 5) is 34.4. The Bertz CT molecular complexity index is 423. The lowest BCUT2D eigenvalue weighted by atomic mass is 9.82. The molecule has 0 unspecified atom stereocenters. The maximum absolute atomic E-state index is 12.0. The lowest BCUT2D eigenvalue weighted by Gasteiger charge is -2.25. The van der Waals surface area contributed by atoms with Crippen LogP contribution in [0.15, 0.2) is 12.7 Å². The number of hydrogen-bond acceptors (Lipinski definition) is 6. The van der Waals surface area contributed by atoms with Crippen LogP contribution in [0.4, 0.5) is 0 Å². The van der Waals surface area contributed by atoms with Crippen LogP contribution in [-0.2, 0) is 28.6 Å². The molecular formula is C17H26O6. The molecule has 0 aliphatic heterocycles. The van der Waals surface area contributed by atoms with Gasteiger partial charge in [-0.05, 0) is 38.0 Å². The van der Waals surface area contributed by atoms with Crippen molar-refractivity contribution in [2.45, 2.75) is 39.0 Å². The van der Waals surface area contributed by atoms with Crippen LogP contribution >= 0.6 is 0 Å². The summed E-state index contributed by atoms with van der Waals surface area (Å²) in [6.07, 6.45) is 4.39. The SMILES string of the molecule is C=CC(=O)OCC[C@H](C)COC(=O)C1CCC(C(=O)OC)CC1. The highest BCUT2D eigenvalue weighted by atomic mass is 16.5. The number of methoxy groups -OCH3 is 1. The van der Waals surface area contributed by atoms with E-state index in [4.69, 9.17) is 14.2 Å². The first-order valence-electron chi connectivity index (χ1n) is 8.01. The Morgan fingerprint density at radius 2 is 1.65 bits per heavy atom. The Hall–Kier alpha value is -1.85. The van der Waals surface area contributed by atoms with Crippen LogP contribution in [0.25, 0.3) is 0 Å². The molecule has 0 aromatic carbocycles. The molecule has 6 heteroatoms. The highest BCUT2D eigenvalue weighted by molar-refractivity contribution is 5.81. The third-order valence-electron chi connectivity index (χ3n) is 4.13. The third kappa shape index (κ3) is 6.84. The van der Waals surface area contributed by atoms with Crippen molar-refractivity contribution in [3.05, 3.63) is 12.7 Å². The minimum absolute atomic E-state index is 0.0949. The van der Waals surface area contributed by atoms with Crippen molar-refractivity contribution < 1.29 is 28.6 Å². The number of rotatable bonds is 8. The highest BCUT2D eigenvalue weighted by Crippen LogP contribution is 2.30. The van der Waals surface area contributed by atoms with E-state index < -0.39 is 5.97 Å². The Morgan fingerprint density at radius 3 is 2.17 bits per heavy atom. The molecule has 1 aliphatic rings. The molecule has 0 heterocycles. The number of esters is 3. The normalized spacial score (nSPS) is 21.8. The first-order valence-corrected chi connectivity index (χ1v) is 8.01. The first-order chi connectivity index (χ1) is 11.0. The Labute approximate surface area is 137 Å². The Kier molecular flexibility index (Phi) is 8.37. The van der Waals surface area contributed by atoms with Crippen LogP contribution in [0.2, 0.25) is 0 Å². The average Bonchev–Trinajstić information content (AvgIpc) is 2.58. The predicted octanol–water partition coefficient (Wildman–Crippen LogP) is 2.26. The Balaban J connectivity index is 2.20. The molecule has 0 saturated heterocycles. The van der Waals surface area contributed by atoms with Crippen LogP contribution in [0.1, 0.15) is 39.0 Å². The van der Waals surface area contributed by atoms with Crippen LogP contribution < -0.4 is 0 Å². The molecule has 0 amide bonds. The summed E-state index contributed by atoms with van der Waals surface area (Å²) in [7, 11) is 1.39. The van der Waals surface area contributed by atoms with E-state index in [1.807, 2.05) is 6.92 Å². The predicted molar refractivity (Wildman–Crippen MR) is 83.4 cm³/mol. The molecule has 1 aliphatic carbocycles. The molecule has 0 spiro atoms. The molecule has 1 rings (SSSR count). The third-order valence-corrected chi connectivity index (χ3v) is 4.13. The van der Waals surface area contributed by atoms with Gasteiger partial charge in [-0.15, -0.1) is 0 Å². The molecule has 23 heavy (non-hydrogen) atoms. The van der Waals surface area contributed by atoms with Gasteiger partial charge in [-0.2, -0.15) is 0 Å². The topological polar surface area (TPSA) is 78.9 Å². The van der Waals surface area contributed by atoms with Crippen LogP contribution in [0.3, 0.4) is 0 Å². The molecule has 0 radical (unpaired) electrons. The molecule has 1 atom stereocenters. The van der Waals surface area contributed by atoms with Gasteiger partial charge in [0.1, 0.15) is 0 Å². The van der Waals surface area contributed by atoms with E-state index in [-0.39, 0.29) is 36.3 Å². The number of carbonyl (C=O) groups is 3. The van der Waals surface area contributed by atoms with Crippen molar-refractivity contribution in [2.75, 3.05) is 20.3 Å². The molecule has 0 aromatic rings. The van der Waals surface area contributed by atoms with Gasteiger partial charge in [-0.1, -0.05) is 13.5 Å². The van der Waals surface area contributed by atoms with Gasteiger partial charge < -0.3 is 14.2 Å². The van der Waals surface area contributed by atoms with E-state index in [2.05, 4.69) is 6.58 Å². The second-order valence-corrected chi connectivity index (χ2v) is 5.97. The monoisotopic (exact) mass is 326 g/mol. The smallest absolute Gasteiger partial charge is 0.330 e. The Morgan fingerprint density at radius 1 is 1.09 bits per heavy atom. The molecule has 6 nitrogen and oxygen atoms in total. The van der Waals surface area contributed by atoms with Crippen LogP contribution in [0.5, 0.6) is 0 Å². The summed E-state index contributed by atoms with van der Waals surface area (Å²) >= 11 is 0. The van der Waals surface area contributed by atoms with Crippen molar-refractivity contribution in [1.82, 2.24) is 0 Å².